The minimum absolute atomic E-state index is 0.0183. The molecule has 1 aliphatic heterocycles. The Balaban J connectivity index is 1.70. The zero-order valence-corrected chi connectivity index (χ0v) is 15.4. The number of aromatic nitrogens is 2. The second-order valence-electron chi connectivity index (χ2n) is 6.05. The third kappa shape index (κ3) is 3.81. The highest BCUT2D eigenvalue weighted by atomic mass is 32.2. The van der Waals surface area contributed by atoms with E-state index in [4.69, 9.17) is 5.11 Å². The van der Waals surface area contributed by atoms with Gasteiger partial charge in [0.25, 0.3) is 5.91 Å². The first-order valence-corrected chi connectivity index (χ1v) is 9.64. The summed E-state index contributed by atoms with van der Waals surface area (Å²) >= 11 is 0. The minimum Gasteiger partial charge on any atom is -0.478 e. The summed E-state index contributed by atoms with van der Waals surface area (Å²) in [6, 6.07) is 5.07. The summed E-state index contributed by atoms with van der Waals surface area (Å²) in [5.41, 5.74) is 0.992. The van der Waals surface area contributed by atoms with Gasteiger partial charge in [0.2, 0.25) is 10.0 Å². The molecule has 1 fully saturated rings. The molecule has 1 saturated heterocycles. The summed E-state index contributed by atoms with van der Waals surface area (Å²) < 4.78 is 26.7. The van der Waals surface area contributed by atoms with Crippen molar-refractivity contribution in [3.8, 4) is 0 Å². The monoisotopic (exact) mass is 390 g/mol. The van der Waals surface area contributed by atoms with Crippen molar-refractivity contribution in [2.45, 2.75) is 11.8 Å². The van der Waals surface area contributed by atoms with E-state index < -0.39 is 16.0 Å². The number of rotatable bonds is 4. The fraction of sp³-hybridized carbons (Fsp3) is 0.294. The average Bonchev–Trinajstić information content (AvgIpc) is 2.68. The predicted octanol–water partition coefficient (Wildman–Crippen LogP) is 0.630. The number of nitrogens with zero attached hydrogens (tertiary/aromatic N) is 4. The third-order valence-corrected chi connectivity index (χ3v) is 6.32. The Bertz CT molecular complexity index is 967. The lowest BCUT2D eigenvalue weighted by atomic mass is 10.2. The first-order chi connectivity index (χ1) is 12.8. The number of hydrogen-bond acceptors (Lipinski definition) is 6. The molecular weight excluding hydrogens is 372 g/mol. The van der Waals surface area contributed by atoms with Crippen molar-refractivity contribution in [2.24, 2.45) is 0 Å². The lowest BCUT2D eigenvalue weighted by Gasteiger charge is -2.34. The summed E-state index contributed by atoms with van der Waals surface area (Å²) in [7, 11) is -3.75. The van der Waals surface area contributed by atoms with Gasteiger partial charge in [-0.1, -0.05) is 0 Å². The van der Waals surface area contributed by atoms with E-state index in [1.165, 1.54) is 41.1 Å². The quantitative estimate of drug-likeness (QED) is 0.813. The van der Waals surface area contributed by atoms with Crippen molar-refractivity contribution in [2.75, 3.05) is 26.2 Å². The van der Waals surface area contributed by atoms with Gasteiger partial charge in [0.1, 0.15) is 6.33 Å². The van der Waals surface area contributed by atoms with Gasteiger partial charge in [0, 0.05) is 32.4 Å². The predicted molar refractivity (Wildman–Crippen MR) is 94.8 cm³/mol. The van der Waals surface area contributed by atoms with Crippen LogP contribution < -0.4 is 0 Å². The number of hydrogen-bond donors (Lipinski definition) is 1. The Kier molecular flexibility index (Phi) is 5.19. The van der Waals surface area contributed by atoms with Crippen LogP contribution in [0.15, 0.2) is 41.7 Å². The smallest absolute Gasteiger partial charge is 0.335 e. The fourth-order valence-corrected chi connectivity index (χ4v) is 4.24. The molecule has 0 spiro atoms. The Labute approximate surface area is 156 Å². The van der Waals surface area contributed by atoms with E-state index in [9.17, 15) is 18.0 Å². The number of aromatic carboxylic acids is 1. The summed E-state index contributed by atoms with van der Waals surface area (Å²) in [5, 5.41) is 8.92. The van der Waals surface area contributed by atoms with E-state index in [-0.39, 0.29) is 42.5 Å². The average molecular weight is 390 g/mol. The van der Waals surface area contributed by atoms with Crippen LogP contribution in [-0.2, 0) is 10.0 Å². The van der Waals surface area contributed by atoms with Crippen LogP contribution in [0.2, 0.25) is 0 Å². The van der Waals surface area contributed by atoms with E-state index in [1.807, 2.05) is 0 Å². The molecule has 2 aromatic rings. The van der Waals surface area contributed by atoms with Gasteiger partial charge < -0.3 is 10.0 Å². The van der Waals surface area contributed by atoms with Gasteiger partial charge in [-0.2, -0.15) is 4.31 Å². The van der Waals surface area contributed by atoms with E-state index in [2.05, 4.69) is 9.97 Å². The second kappa shape index (κ2) is 7.41. The molecule has 0 aliphatic carbocycles. The van der Waals surface area contributed by atoms with E-state index in [1.54, 1.807) is 11.8 Å². The Hall–Kier alpha value is -2.85. The van der Waals surface area contributed by atoms with Gasteiger partial charge in [-0.3, -0.25) is 4.79 Å². The summed E-state index contributed by atoms with van der Waals surface area (Å²) in [6.45, 7) is 2.53. The molecule has 0 saturated carbocycles. The van der Waals surface area contributed by atoms with E-state index >= 15 is 0 Å². The highest BCUT2D eigenvalue weighted by Gasteiger charge is 2.31. The van der Waals surface area contributed by atoms with Gasteiger partial charge in [-0.05, 0) is 31.2 Å². The van der Waals surface area contributed by atoms with Gasteiger partial charge in [-0.15, -0.1) is 0 Å². The maximum atomic E-state index is 12.7. The topological polar surface area (TPSA) is 121 Å². The molecule has 3 rings (SSSR count). The number of piperazine rings is 1. The molecule has 1 amide bonds. The maximum Gasteiger partial charge on any atom is 0.335 e. The lowest BCUT2D eigenvalue weighted by molar-refractivity contribution is 0.0689. The zero-order chi connectivity index (χ0) is 19.6. The molecular formula is C17H18N4O5S. The van der Waals surface area contributed by atoms with Crippen molar-refractivity contribution in [3.63, 3.8) is 0 Å². The standard InChI is InChI=1S/C17H18N4O5S/c1-12-15(10-18-11-19-12)16(22)20-6-8-21(9-7-20)27(25,26)14-4-2-13(3-5-14)17(23)24/h2-5,10-11H,6-9H2,1H3,(H,23,24). The number of amides is 1. The molecule has 0 atom stereocenters. The van der Waals surface area contributed by atoms with Crippen LogP contribution in [0.4, 0.5) is 0 Å². The van der Waals surface area contributed by atoms with Gasteiger partial charge in [0.15, 0.2) is 0 Å². The van der Waals surface area contributed by atoms with Crippen molar-refractivity contribution < 1.29 is 23.1 Å². The Morgan fingerprint density at radius 3 is 2.26 bits per heavy atom. The van der Waals surface area contributed by atoms with Crippen LogP contribution in [-0.4, -0.2) is 70.8 Å². The van der Waals surface area contributed by atoms with Crippen LogP contribution in [0.1, 0.15) is 26.4 Å². The number of carboxylic acid groups (broad SMARTS) is 1. The Morgan fingerprint density at radius 1 is 1.07 bits per heavy atom. The molecule has 1 aromatic heterocycles. The number of carboxylic acids is 1. The number of sulfonamides is 1. The molecule has 0 unspecified atom stereocenters. The van der Waals surface area contributed by atoms with Crippen molar-refractivity contribution in [3.05, 3.63) is 53.6 Å². The summed E-state index contributed by atoms with van der Waals surface area (Å²) in [4.78, 5) is 32.9. The molecule has 1 aromatic carbocycles. The van der Waals surface area contributed by atoms with E-state index in [0.29, 0.717) is 11.3 Å². The SMILES string of the molecule is Cc1ncncc1C(=O)N1CCN(S(=O)(=O)c2ccc(C(=O)O)cc2)CC1. The van der Waals surface area contributed by atoms with Crippen molar-refractivity contribution in [1.82, 2.24) is 19.2 Å². The number of carbonyl (C=O) groups is 2. The summed E-state index contributed by atoms with van der Waals surface area (Å²) in [6.07, 6.45) is 2.82. The van der Waals surface area contributed by atoms with E-state index in [0.717, 1.165) is 0 Å². The van der Waals surface area contributed by atoms with Crippen LogP contribution in [0.3, 0.4) is 0 Å². The number of benzene rings is 1. The molecule has 2 heterocycles. The number of carbonyl (C=O) groups excluding carboxylic acids is 1. The van der Waals surface area contributed by atoms with Crippen LogP contribution >= 0.6 is 0 Å². The van der Waals surface area contributed by atoms with Crippen LogP contribution in [0.25, 0.3) is 0 Å². The largest absolute Gasteiger partial charge is 0.478 e. The highest BCUT2D eigenvalue weighted by molar-refractivity contribution is 7.89. The fourth-order valence-electron chi connectivity index (χ4n) is 2.82. The van der Waals surface area contributed by atoms with Gasteiger partial charge in [-0.25, -0.2) is 23.2 Å². The van der Waals surface area contributed by atoms with Crippen LogP contribution in [0, 0.1) is 6.92 Å². The normalized spacial score (nSPS) is 15.5. The van der Waals surface area contributed by atoms with Gasteiger partial charge >= 0.3 is 5.97 Å². The molecule has 10 heteroatoms. The summed E-state index contributed by atoms with van der Waals surface area (Å²) in [5.74, 6) is -1.35. The van der Waals surface area contributed by atoms with Crippen molar-refractivity contribution >= 4 is 21.9 Å². The van der Waals surface area contributed by atoms with Crippen LogP contribution in [0.5, 0.6) is 0 Å². The highest BCUT2D eigenvalue weighted by Crippen LogP contribution is 2.19. The molecule has 27 heavy (non-hydrogen) atoms. The molecule has 0 radical (unpaired) electrons. The zero-order valence-electron chi connectivity index (χ0n) is 14.6. The molecule has 9 nitrogen and oxygen atoms in total. The molecule has 0 bridgehead atoms. The molecule has 1 N–H and O–H groups in total. The third-order valence-electron chi connectivity index (χ3n) is 4.41. The van der Waals surface area contributed by atoms with Gasteiger partial charge in [0.05, 0.1) is 21.7 Å². The van der Waals surface area contributed by atoms with Crippen molar-refractivity contribution in [1.29, 1.82) is 0 Å². The second-order valence-corrected chi connectivity index (χ2v) is 7.99. The minimum atomic E-state index is -3.75. The lowest BCUT2D eigenvalue weighted by Crippen LogP contribution is -2.50. The Morgan fingerprint density at radius 2 is 1.70 bits per heavy atom. The maximum absolute atomic E-state index is 12.7. The number of aryl methyl sites for hydroxylation is 1. The first-order valence-electron chi connectivity index (χ1n) is 8.20. The first kappa shape index (κ1) is 18.9. The molecule has 142 valence electrons. The molecule has 1 aliphatic rings.